The number of rotatable bonds is 3. The third kappa shape index (κ3) is 15.3. The van der Waals surface area contributed by atoms with Gasteiger partial charge in [-0.1, -0.05) is 0 Å². The Labute approximate surface area is 155 Å². The summed E-state index contributed by atoms with van der Waals surface area (Å²) in [5.74, 6) is 2.02. The van der Waals surface area contributed by atoms with Crippen LogP contribution in [-0.2, 0) is 34.1 Å². The van der Waals surface area contributed by atoms with Gasteiger partial charge in [0.25, 0.3) is 0 Å². The van der Waals surface area contributed by atoms with E-state index in [1.807, 2.05) is 68.1 Å². The van der Waals surface area contributed by atoms with E-state index >= 15 is 0 Å². The van der Waals surface area contributed by atoms with E-state index in [-0.39, 0.29) is 16.6 Å². The first-order chi connectivity index (χ1) is 10.1. The number of hydrogen-bond donors (Lipinski definition) is 0. The van der Waals surface area contributed by atoms with E-state index in [1.54, 1.807) is 0 Å². The van der Waals surface area contributed by atoms with Crippen molar-refractivity contribution in [2.24, 2.45) is 23.0 Å². The summed E-state index contributed by atoms with van der Waals surface area (Å²) in [6, 6.07) is 0. The molecule has 0 aromatic heterocycles. The molecule has 0 aromatic carbocycles. The van der Waals surface area contributed by atoms with Crippen LogP contribution in [0, 0.1) is 0 Å². The average Bonchev–Trinajstić information content (AvgIpc) is 2.22. The van der Waals surface area contributed by atoms with E-state index in [2.05, 4.69) is 23.0 Å². The van der Waals surface area contributed by atoms with Crippen LogP contribution in [0.5, 0.6) is 0 Å². The van der Waals surface area contributed by atoms with Gasteiger partial charge in [0.15, 0.2) is 0 Å². The van der Waals surface area contributed by atoms with Gasteiger partial charge in [0.1, 0.15) is 0 Å². The van der Waals surface area contributed by atoms with Crippen molar-refractivity contribution in [2.45, 2.75) is 84.7 Å². The molecule has 23 heavy (non-hydrogen) atoms. The topological polar surface area (TPSA) is 74.2 Å². The molecule has 0 heterocycles. The first kappa shape index (κ1) is 23.0. The predicted molar refractivity (Wildman–Crippen MR) is 108 cm³/mol. The Morgan fingerprint density at radius 3 is 0.913 bits per heavy atom. The molecule has 0 amide bonds. The fourth-order valence-corrected chi connectivity index (χ4v) is 8.01. The van der Waals surface area contributed by atoms with Gasteiger partial charge in [-0.25, -0.2) is 0 Å². The Morgan fingerprint density at radius 2 is 0.739 bits per heavy atom. The standard InChI is InChI=1S/C13H30GeN6S3/c1-11(2,3)15-21-18-14(10,19-22-16-12(4,5)6)20-23-17-13(7,8)9/h1-10H3. The molecule has 0 aliphatic heterocycles. The van der Waals surface area contributed by atoms with Crippen LogP contribution in [0.1, 0.15) is 62.3 Å². The monoisotopic (exact) mass is 440 g/mol. The Kier molecular flexibility index (Phi) is 8.91. The molecule has 6 nitrogen and oxygen atoms in total. The maximum absolute atomic E-state index is 4.62. The third-order valence-corrected chi connectivity index (χ3v) is 12.8. The van der Waals surface area contributed by atoms with Gasteiger partial charge in [-0.2, -0.15) is 0 Å². The van der Waals surface area contributed by atoms with Gasteiger partial charge in [0.2, 0.25) is 0 Å². The molecule has 0 saturated heterocycles. The zero-order valence-corrected chi connectivity index (χ0v) is 20.5. The van der Waals surface area contributed by atoms with Crippen molar-refractivity contribution in [1.29, 1.82) is 0 Å². The van der Waals surface area contributed by atoms with Crippen molar-refractivity contribution >= 4 is 48.0 Å². The molecule has 0 N–H and O–H groups in total. The van der Waals surface area contributed by atoms with Crippen LogP contribution in [0.4, 0.5) is 0 Å². The normalized spacial score (nSPS) is 14.9. The summed E-state index contributed by atoms with van der Waals surface area (Å²) in [5, 5.41) is 0. The summed E-state index contributed by atoms with van der Waals surface area (Å²) in [6.45, 7) is 18.4. The van der Waals surface area contributed by atoms with Crippen molar-refractivity contribution in [3.8, 4) is 0 Å². The van der Waals surface area contributed by atoms with E-state index in [9.17, 15) is 0 Å². The number of nitrogens with zero attached hydrogens (tertiary/aromatic N) is 6. The second-order valence-electron chi connectivity index (χ2n) is 8.28. The predicted octanol–water partition coefficient (Wildman–Crippen LogP) is 5.30. The summed E-state index contributed by atoms with van der Waals surface area (Å²) in [6.07, 6.45) is 0. The fraction of sp³-hybridized carbons (Fsp3) is 1.00. The molecular formula is C13H30GeN6S3. The van der Waals surface area contributed by atoms with Crippen LogP contribution in [-0.4, -0.2) is 30.6 Å². The van der Waals surface area contributed by atoms with Gasteiger partial charge in [-0.15, -0.1) is 0 Å². The molecule has 0 saturated carbocycles. The SMILES string of the molecule is CC(C)(C)N=S=[N][Ge]([CH3])([N]=S=NC(C)(C)C)[N]=S=NC(C)(C)C. The second kappa shape index (κ2) is 8.91. The molecule has 0 unspecified atom stereocenters. The van der Waals surface area contributed by atoms with Crippen molar-refractivity contribution in [3.05, 3.63) is 0 Å². The van der Waals surface area contributed by atoms with Crippen molar-refractivity contribution in [3.63, 3.8) is 0 Å². The minimum atomic E-state index is -3.13. The molecule has 10 heteroatoms. The molecule has 0 bridgehead atoms. The Bertz CT molecular complexity index is 507. The zero-order chi connectivity index (χ0) is 18.4. The van der Waals surface area contributed by atoms with Crippen LogP contribution >= 0.6 is 0 Å². The van der Waals surface area contributed by atoms with E-state index in [0.29, 0.717) is 0 Å². The molecule has 0 aliphatic carbocycles. The Balaban J connectivity index is 5.76. The Morgan fingerprint density at radius 1 is 0.522 bits per heavy atom. The van der Waals surface area contributed by atoms with Crippen LogP contribution in [0.25, 0.3) is 0 Å². The zero-order valence-electron chi connectivity index (χ0n) is 15.9. The molecule has 0 aromatic rings. The summed E-state index contributed by atoms with van der Waals surface area (Å²) in [5.41, 5.74) is -0.407. The van der Waals surface area contributed by atoms with Crippen molar-refractivity contribution in [2.75, 3.05) is 0 Å². The molecule has 0 radical (unpaired) electrons. The second-order valence-corrected chi connectivity index (χ2v) is 17.4. The van der Waals surface area contributed by atoms with Crippen LogP contribution in [0.2, 0.25) is 5.76 Å². The van der Waals surface area contributed by atoms with E-state index in [1.165, 1.54) is 34.1 Å². The van der Waals surface area contributed by atoms with Crippen molar-refractivity contribution < 1.29 is 0 Å². The molecule has 0 rings (SSSR count). The Hall–Kier alpha value is 0.00286. The third-order valence-electron chi connectivity index (χ3n) is 1.59. The van der Waals surface area contributed by atoms with Gasteiger partial charge in [0.05, 0.1) is 0 Å². The van der Waals surface area contributed by atoms with E-state index < -0.39 is 13.9 Å². The van der Waals surface area contributed by atoms with Gasteiger partial charge in [0, 0.05) is 0 Å². The molecule has 134 valence electrons. The van der Waals surface area contributed by atoms with E-state index in [0.717, 1.165) is 0 Å². The van der Waals surface area contributed by atoms with Gasteiger partial charge >= 0.3 is 156 Å². The summed E-state index contributed by atoms with van der Waals surface area (Å²) in [7, 11) is 0. The van der Waals surface area contributed by atoms with Gasteiger partial charge in [-0.05, 0) is 0 Å². The number of hydrogen-bond acceptors (Lipinski definition) is 6. The molecule has 0 atom stereocenters. The molecular weight excluding hydrogens is 409 g/mol. The fourth-order valence-electron chi connectivity index (χ4n) is 0.711. The van der Waals surface area contributed by atoms with E-state index in [4.69, 9.17) is 0 Å². The van der Waals surface area contributed by atoms with Gasteiger partial charge < -0.3 is 0 Å². The summed E-state index contributed by atoms with van der Waals surface area (Å²) in [4.78, 5) is 0. The summed E-state index contributed by atoms with van der Waals surface area (Å²) >= 11 is 0.528. The summed E-state index contributed by atoms with van der Waals surface area (Å²) < 4.78 is 27.2. The maximum atomic E-state index is 4.62. The minimum absolute atomic E-state index is 0.136. The first-order valence-corrected chi connectivity index (χ1v) is 14.5. The average molecular weight is 439 g/mol. The van der Waals surface area contributed by atoms with Gasteiger partial charge in [-0.3, -0.25) is 0 Å². The molecule has 0 spiro atoms. The van der Waals surface area contributed by atoms with Crippen LogP contribution < -0.4 is 0 Å². The first-order valence-electron chi connectivity index (χ1n) is 7.44. The van der Waals surface area contributed by atoms with Crippen molar-refractivity contribution in [1.82, 2.24) is 0 Å². The quantitative estimate of drug-likeness (QED) is 0.536. The molecule has 0 fully saturated rings. The van der Waals surface area contributed by atoms with Crippen LogP contribution in [0.3, 0.4) is 0 Å². The molecule has 0 aliphatic rings. The van der Waals surface area contributed by atoms with Crippen LogP contribution in [0.15, 0.2) is 23.0 Å².